The fourth-order valence-electron chi connectivity index (χ4n) is 4.83. The number of allylic oxidation sites excluding steroid dienone is 2. The van der Waals surface area contributed by atoms with E-state index in [2.05, 4.69) is 6.07 Å². The van der Waals surface area contributed by atoms with Crippen LogP contribution >= 0.6 is 0 Å². The molecule has 1 unspecified atom stereocenters. The van der Waals surface area contributed by atoms with E-state index in [1.165, 1.54) is 0 Å². The summed E-state index contributed by atoms with van der Waals surface area (Å²) in [5.41, 5.74) is 2.76. The molecule has 0 N–H and O–H groups in total. The second-order valence-electron chi connectivity index (χ2n) is 9.02. The molecule has 2 aliphatic rings. The van der Waals surface area contributed by atoms with Gasteiger partial charge in [-0.3, -0.25) is 14.5 Å². The van der Waals surface area contributed by atoms with Crippen LogP contribution in [-0.2, 0) is 9.59 Å². The van der Waals surface area contributed by atoms with Crippen molar-refractivity contribution in [1.29, 1.82) is 5.26 Å². The Labute approximate surface area is 188 Å². The largest absolute Gasteiger partial charge is 0.497 e. The molecular weight excluding hydrogens is 404 g/mol. The van der Waals surface area contributed by atoms with E-state index in [0.29, 0.717) is 46.9 Å². The third kappa shape index (κ3) is 3.64. The topological polar surface area (TPSA) is 79.6 Å². The summed E-state index contributed by atoms with van der Waals surface area (Å²) in [5.74, 6) is 0.707. The number of hydrogen-bond acceptors (Lipinski definition) is 5. The zero-order valence-corrected chi connectivity index (χ0v) is 18.8. The Morgan fingerprint density at radius 2 is 1.81 bits per heavy atom. The van der Waals surface area contributed by atoms with Crippen LogP contribution in [0.25, 0.3) is 0 Å². The molecule has 1 aliphatic carbocycles. The van der Waals surface area contributed by atoms with Gasteiger partial charge in [0, 0.05) is 41.7 Å². The minimum absolute atomic E-state index is 0.0334. The minimum atomic E-state index is -0.410. The van der Waals surface area contributed by atoms with Gasteiger partial charge in [-0.1, -0.05) is 32.0 Å². The summed E-state index contributed by atoms with van der Waals surface area (Å²) in [7, 11) is 3.15. The van der Waals surface area contributed by atoms with Crippen molar-refractivity contribution in [2.75, 3.05) is 19.1 Å². The minimum Gasteiger partial charge on any atom is -0.497 e. The van der Waals surface area contributed by atoms with Crippen LogP contribution < -0.4 is 14.4 Å². The predicted octanol–water partition coefficient (Wildman–Crippen LogP) is 4.74. The molecule has 2 aromatic carbocycles. The maximum atomic E-state index is 13.5. The first kappa shape index (κ1) is 21.6. The molecule has 1 heterocycles. The zero-order valence-electron chi connectivity index (χ0n) is 18.8. The molecule has 0 fully saturated rings. The van der Waals surface area contributed by atoms with Crippen LogP contribution in [0.1, 0.15) is 50.2 Å². The number of carbonyl (C=O) groups excluding carboxylic acids is 2. The number of hydrogen-bond donors (Lipinski definition) is 0. The lowest BCUT2D eigenvalue weighted by molar-refractivity contribution is -0.121. The van der Waals surface area contributed by atoms with Crippen molar-refractivity contribution in [2.24, 2.45) is 5.41 Å². The van der Waals surface area contributed by atoms with Gasteiger partial charge in [0.1, 0.15) is 17.6 Å². The number of methoxy groups -OCH3 is 2. The monoisotopic (exact) mass is 430 g/mol. The number of ketones is 1. The lowest BCUT2D eigenvalue weighted by Crippen LogP contribution is -2.44. The molecule has 6 heteroatoms. The maximum Gasteiger partial charge on any atom is 0.232 e. The smallest absolute Gasteiger partial charge is 0.232 e. The summed E-state index contributed by atoms with van der Waals surface area (Å²) in [4.78, 5) is 28.6. The number of benzene rings is 2. The number of carbonyl (C=O) groups is 2. The molecular formula is C26H26N2O4. The molecule has 32 heavy (non-hydrogen) atoms. The van der Waals surface area contributed by atoms with Gasteiger partial charge < -0.3 is 9.47 Å². The lowest BCUT2D eigenvalue weighted by atomic mass is 9.69. The van der Waals surface area contributed by atoms with Crippen LogP contribution in [0.15, 0.2) is 53.7 Å². The van der Waals surface area contributed by atoms with E-state index in [-0.39, 0.29) is 23.5 Å². The molecule has 1 aliphatic heterocycles. The Bertz CT molecular complexity index is 1170. The number of rotatable bonds is 4. The van der Waals surface area contributed by atoms with Crippen molar-refractivity contribution in [3.63, 3.8) is 0 Å². The van der Waals surface area contributed by atoms with Gasteiger partial charge in [0.25, 0.3) is 0 Å². The van der Waals surface area contributed by atoms with Gasteiger partial charge in [-0.05, 0) is 30.0 Å². The van der Waals surface area contributed by atoms with E-state index in [9.17, 15) is 14.9 Å². The Hall–Kier alpha value is -3.59. The number of anilines is 1. The first-order valence-corrected chi connectivity index (χ1v) is 10.6. The highest BCUT2D eigenvalue weighted by Crippen LogP contribution is 2.50. The lowest BCUT2D eigenvalue weighted by Gasteiger charge is -2.43. The number of nitriles is 1. The number of nitrogens with zero attached hydrogens (tertiary/aromatic N) is 2. The quantitative estimate of drug-likeness (QED) is 0.700. The number of amides is 1. The summed E-state index contributed by atoms with van der Waals surface area (Å²) in [5, 5.41) is 9.63. The number of para-hydroxylation sites is 1. The molecule has 2 aromatic rings. The summed E-state index contributed by atoms with van der Waals surface area (Å²) in [6, 6.07) is 14.7. The third-order valence-corrected chi connectivity index (χ3v) is 6.22. The van der Waals surface area contributed by atoms with E-state index in [1.807, 2.05) is 26.0 Å². The number of ether oxygens (including phenoxy) is 2. The molecule has 0 saturated heterocycles. The average molecular weight is 431 g/mol. The molecule has 0 bridgehead atoms. The second-order valence-corrected chi connectivity index (χ2v) is 9.02. The standard InChI is InChI=1S/C26H26N2O4/c1-26(2)13-21-25(22(29)14-26)19(18-10-9-17(31-3)11-23(18)32-4)12-24(30)28(21)20-8-6-5-7-16(20)15-27/h5-11,19H,12-14H2,1-4H3. The molecule has 0 saturated carbocycles. The molecule has 0 spiro atoms. The average Bonchev–Trinajstić information content (AvgIpc) is 2.77. The molecule has 0 radical (unpaired) electrons. The number of Topliss-reactive ketones (excluding diaryl/α,β-unsaturated/α-hetero) is 1. The summed E-state index contributed by atoms with van der Waals surface area (Å²) in [6.07, 6.45) is 1.09. The van der Waals surface area contributed by atoms with Crippen molar-refractivity contribution in [3.05, 3.63) is 64.9 Å². The van der Waals surface area contributed by atoms with Gasteiger partial charge in [0.15, 0.2) is 5.78 Å². The third-order valence-electron chi connectivity index (χ3n) is 6.22. The molecule has 6 nitrogen and oxygen atoms in total. The van der Waals surface area contributed by atoms with Crippen LogP contribution in [0.5, 0.6) is 11.5 Å². The van der Waals surface area contributed by atoms with E-state index in [0.717, 1.165) is 5.56 Å². The van der Waals surface area contributed by atoms with Crippen LogP contribution in [-0.4, -0.2) is 25.9 Å². The normalized spacial score (nSPS) is 20.0. The molecule has 164 valence electrons. The Kier molecular flexibility index (Phi) is 5.52. The Morgan fingerprint density at radius 3 is 2.50 bits per heavy atom. The zero-order chi connectivity index (χ0) is 23.0. The van der Waals surface area contributed by atoms with Gasteiger partial charge in [-0.2, -0.15) is 5.26 Å². The fraction of sp³-hybridized carbons (Fsp3) is 0.346. The highest BCUT2D eigenvalue weighted by atomic mass is 16.5. The van der Waals surface area contributed by atoms with Gasteiger partial charge >= 0.3 is 0 Å². The molecule has 1 atom stereocenters. The SMILES string of the molecule is COc1ccc(C2CC(=O)N(c3ccccc3C#N)C3=C2C(=O)CC(C)(C)C3)c(OC)c1. The predicted molar refractivity (Wildman–Crippen MR) is 121 cm³/mol. The Morgan fingerprint density at radius 1 is 1.06 bits per heavy atom. The van der Waals surface area contributed by atoms with Gasteiger partial charge in [0.2, 0.25) is 5.91 Å². The maximum absolute atomic E-state index is 13.5. The van der Waals surface area contributed by atoms with Gasteiger partial charge in [-0.15, -0.1) is 0 Å². The van der Waals surface area contributed by atoms with Gasteiger partial charge in [-0.25, -0.2) is 0 Å². The van der Waals surface area contributed by atoms with Crippen LogP contribution in [0.4, 0.5) is 5.69 Å². The van der Waals surface area contributed by atoms with Crippen molar-refractivity contribution < 1.29 is 19.1 Å². The van der Waals surface area contributed by atoms with E-state index in [4.69, 9.17) is 9.47 Å². The van der Waals surface area contributed by atoms with E-state index < -0.39 is 5.92 Å². The fourth-order valence-corrected chi connectivity index (χ4v) is 4.83. The summed E-state index contributed by atoms with van der Waals surface area (Å²) >= 11 is 0. The van der Waals surface area contributed by atoms with Crippen molar-refractivity contribution in [3.8, 4) is 17.6 Å². The van der Waals surface area contributed by atoms with Crippen molar-refractivity contribution in [2.45, 2.75) is 39.0 Å². The Balaban J connectivity index is 1.94. The first-order chi connectivity index (χ1) is 15.3. The van der Waals surface area contributed by atoms with Crippen LogP contribution in [0, 0.1) is 16.7 Å². The van der Waals surface area contributed by atoms with E-state index >= 15 is 0 Å². The summed E-state index contributed by atoms with van der Waals surface area (Å²) in [6.45, 7) is 4.07. The van der Waals surface area contributed by atoms with Crippen LogP contribution in [0.2, 0.25) is 0 Å². The van der Waals surface area contributed by atoms with Crippen molar-refractivity contribution >= 4 is 17.4 Å². The second kappa shape index (κ2) is 8.16. The highest BCUT2D eigenvalue weighted by molar-refractivity contribution is 6.08. The molecule has 4 rings (SSSR count). The van der Waals surface area contributed by atoms with Crippen molar-refractivity contribution in [1.82, 2.24) is 0 Å². The summed E-state index contributed by atoms with van der Waals surface area (Å²) < 4.78 is 10.9. The first-order valence-electron chi connectivity index (χ1n) is 10.6. The molecule has 1 amide bonds. The van der Waals surface area contributed by atoms with E-state index in [1.54, 1.807) is 49.5 Å². The van der Waals surface area contributed by atoms with Gasteiger partial charge in [0.05, 0.1) is 25.5 Å². The highest BCUT2D eigenvalue weighted by Gasteiger charge is 2.45. The molecule has 0 aromatic heterocycles. The van der Waals surface area contributed by atoms with Crippen LogP contribution in [0.3, 0.4) is 0 Å².